The highest BCUT2D eigenvalue weighted by atomic mass is 16.5. The Hall–Kier alpha value is -4.07. The van der Waals surface area contributed by atoms with Crippen LogP contribution in [-0.4, -0.2) is 38.7 Å². The minimum Gasteiger partial charge on any atom is -0.497 e. The lowest BCUT2D eigenvalue weighted by Gasteiger charge is -2.14. The number of carbonyl (C=O) groups is 2. The van der Waals surface area contributed by atoms with Gasteiger partial charge in [0.15, 0.2) is 5.65 Å². The maximum absolute atomic E-state index is 13.4. The van der Waals surface area contributed by atoms with E-state index >= 15 is 0 Å². The van der Waals surface area contributed by atoms with Crippen LogP contribution in [0.1, 0.15) is 20.7 Å². The third kappa shape index (κ3) is 2.42. The van der Waals surface area contributed by atoms with E-state index in [-0.39, 0.29) is 5.56 Å². The molecule has 0 bridgehead atoms. The summed E-state index contributed by atoms with van der Waals surface area (Å²) in [6, 6.07) is 10.4. The van der Waals surface area contributed by atoms with Crippen molar-refractivity contribution in [1.82, 2.24) is 19.7 Å². The first-order valence-electron chi connectivity index (χ1n) is 8.89. The lowest BCUT2D eigenvalue weighted by atomic mass is 10.0. The van der Waals surface area contributed by atoms with Gasteiger partial charge in [-0.2, -0.15) is 5.10 Å². The van der Waals surface area contributed by atoms with Gasteiger partial charge >= 0.3 is 0 Å². The fraction of sp³-hybridized carbons (Fsp3) is 0.0952. The minimum absolute atomic E-state index is 0.265. The van der Waals surface area contributed by atoms with Gasteiger partial charge in [-0.25, -0.2) is 14.6 Å². The van der Waals surface area contributed by atoms with Crippen molar-refractivity contribution in [1.29, 1.82) is 0 Å². The van der Waals surface area contributed by atoms with Gasteiger partial charge < -0.3 is 4.74 Å². The van der Waals surface area contributed by atoms with Crippen LogP contribution < -0.4 is 9.64 Å². The quantitative estimate of drug-likeness (QED) is 0.504. The molecular weight excluding hydrogens is 370 g/mol. The molecule has 3 aromatic heterocycles. The molecule has 1 aromatic carbocycles. The van der Waals surface area contributed by atoms with E-state index in [1.165, 1.54) is 6.20 Å². The van der Waals surface area contributed by atoms with Crippen LogP contribution in [0.2, 0.25) is 0 Å². The highest BCUT2D eigenvalue weighted by molar-refractivity contribution is 6.38. The standard InChI is InChI=1S/C21H15N5O3/c1-25-19-17(18(24-25)12-7-9-22-10-8-12)16-15(11-23-19)20(27)26(21(16)28)13-3-5-14(29-2)6-4-13/h3-11H,1-2H3. The highest BCUT2D eigenvalue weighted by Gasteiger charge is 2.40. The van der Waals surface area contributed by atoms with Gasteiger partial charge in [0.2, 0.25) is 0 Å². The van der Waals surface area contributed by atoms with Gasteiger partial charge in [-0.1, -0.05) is 0 Å². The average Bonchev–Trinajstić information content (AvgIpc) is 3.23. The summed E-state index contributed by atoms with van der Waals surface area (Å²) in [6.07, 6.45) is 4.76. The molecule has 8 nitrogen and oxygen atoms in total. The van der Waals surface area contributed by atoms with Crippen LogP contribution in [0.25, 0.3) is 22.3 Å². The van der Waals surface area contributed by atoms with Crippen molar-refractivity contribution in [2.24, 2.45) is 7.05 Å². The Balaban J connectivity index is 1.73. The monoisotopic (exact) mass is 385 g/mol. The Kier molecular flexibility index (Phi) is 3.67. The number of rotatable bonds is 3. The number of carbonyl (C=O) groups excluding carboxylic acids is 2. The number of nitrogens with zero attached hydrogens (tertiary/aromatic N) is 5. The molecule has 0 atom stereocenters. The largest absolute Gasteiger partial charge is 0.497 e. The van der Waals surface area contributed by atoms with Crippen molar-refractivity contribution in [3.8, 4) is 17.0 Å². The SMILES string of the molecule is COc1ccc(N2C(=O)c3cnc4c(c(-c5ccncc5)nn4C)c3C2=O)cc1. The van der Waals surface area contributed by atoms with Crippen LogP contribution in [0.5, 0.6) is 5.75 Å². The van der Waals surface area contributed by atoms with Crippen LogP contribution in [0.3, 0.4) is 0 Å². The molecule has 0 N–H and O–H groups in total. The summed E-state index contributed by atoms with van der Waals surface area (Å²) in [7, 11) is 3.32. The summed E-state index contributed by atoms with van der Waals surface area (Å²) >= 11 is 0. The molecular formula is C21H15N5O3. The van der Waals surface area contributed by atoms with E-state index in [9.17, 15) is 9.59 Å². The molecule has 0 fully saturated rings. The third-order valence-corrected chi connectivity index (χ3v) is 4.99. The van der Waals surface area contributed by atoms with Crippen molar-refractivity contribution in [3.63, 3.8) is 0 Å². The fourth-order valence-electron chi connectivity index (χ4n) is 3.60. The lowest BCUT2D eigenvalue weighted by Crippen LogP contribution is -2.29. The van der Waals surface area contributed by atoms with Crippen molar-refractivity contribution in [2.45, 2.75) is 0 Å². The van der Waals surface area contributed by atoms with Gasteiger partial charge in [-0.3, -0.25) is 14.6 Å². The lowest BCUT2D eigenvalue weighted by molar-refractivity contribution is 0.0926. The average molecular weight is 385 g/mol. The molecule has 2 amide bonds. The summed E-state index contributed by atoms with van der Waals surface area (Å²) in [5, 5.41) is 5.11. The predicted molar refractivity (Wildman–Crippen MR) is 106 cm³/mol. The number of anilines is 1. The molecule has 8 heteroatoms. The van der Waals surface area contributed by atoms with E-state index in [1.54, 1.807) is 55.5 Å². The fourth-order valence-corrected chi connectivity index (χ4v) is 3.60. The molecule has 0 saturated heterocycles. The molecule has 0 aliphatic carbocycles. The first-order chi connectivity index (χ1) is 14.1. The van der Waals surface area contributed by atoms with Gasteiger partial charge in [0.05, 0.1) is 29.3 Å². The second-order valence-corrected chi connectivity index (χ2v) is 6.60. The summed E-state index contributed by atoms with van der Waals surface area (Å²) in [5.74, 6) is -0.165. The number of benzene rings is 1. The summed E-state index contributed by atoms with van der Waals surface area (Å²) < 4.78 is 6.77. The van der Waals surface area contributed by atoms with Crippen molar-refractivity contribution in [3.05, 3.63) is 66.1 Å². The van der Waals surface area contributed by atoms with Crippen molar-refractivity contribution in [2.75, 3.05) is 12.0 Å². The molecule has 0 saturated carbocycles. The zero-order valence-corrected chi connectivity index (χ0v) is 15.7. The molecule has 1 aliphatic heterocycles. The number of ether oxygens (including phenoxy) is 1. The van der Waals surface area contributed by atoms with E-state index < -0.39 is 11.8 Å². The van der Waals surface area contributed by atoms with Gasteiger partial charge in [0.1, 0.15) is 11.4 Å². The molecule has 0 spiro atoms. The van der Waals surface area contributed by atoms with E-state index in [2.05, 4.69) is 15.1 Å². The zero-order valence-electron chi connectivity index (χ0n) is 15.7. The maximum Gasteiger partial charge on any atom is 0.267 e. The number of hydrogen-bond acceptors (Lipinski definition) is 6. The normalized spacial score (nSPS) is 13.2. The van der Waals surface area contributed by atoms with Crippen LogP contribution in [0.15, 0.2) is 55.0 Å². The number of methoxy groups -OCH3 is 1. The van der Waals surface area contributed by atoms with Crippen molar-refractivity contribution >= 4 is 28.5 Å². The Morgan fingerprint density at radius 2 is 1.69 bits per heavy atom. The van der Waals surface area contributed by atoms with E-state index in [4.69, 9.17) is 4.74 Å². The number of aromatic nitrogens is 4. The molecule has 4 aromatic rings. The molecule has 1 aliphatic rings. The number of hydrogen-bond donors (Lipinski definition) is 0. The Morgan fingerprint density at radius 3 is 2.38 bits per heavy atom. The number of pyridine rings is 2. The van der Waals surface area contributed by atoms with E-state index in [0.29, 0.717) is 33.7 Å². The van der Waals surface area contributed by atoms with Gasteiger partial charge in [0.25, 0.3) is 11.8 Å². The molecule has 4 heterocycles. The number of amides is 2. The summed E-state index contributed by atoms with van der Waals surface area (Å²) in [5.41, 5.74) is 2.97. The van der Waals surface area contributed by atoms with E-state index in [1.807, 2.05) is 12.1 Å². The maximum atomic E-state index is 13.4. The molecule has 0 unspecified atom stereocenters. The molecule has 142 valence electrons. The van der Waals surface area contributed by atoms with Crippen LogP contribution in [0, 0.1) is 0 Å². The van der Waals surface area contributed by atoms with Crippen LogP contribution in [-0.2, 0) is 7.05 Å². The zero-order chi connectivity index (χ0) is 20.1. The first kappa shape index (κ1) is 17.1. The van der Waals surface area contributed by atoms with Gasteiger partial charge in [0, 0.05) is 31.2 Å². The smallest absolute Gasteiger partial charge is 0.267 e. The number of imide groups is 1. The Morgan fingerprint density at radius 1 is 0.966 bits per heavy atom. The second-order valence-electron chi connectivity index (χ2n) is 6.60. The van der Waals surface area contributed by atoms with Crippen LogP contribution in [0.4, 0.5) is 5.69 Å². The molecule has 0 radical (unpaired) electrons. The number of fused-ring (bicyclic) bond motifs is 3. The second kappa shape index (κ2) is 6.23. The highest BCUT2D eigenvalue weighted by Crippen LogP contribution is 2.37. The summed E-state index contributed by atoms with van der Waals surface area (Å²) in [4.78, 5) is 36.0. The Bertz CT molecular complexity index is 1280. The topological polar surface area (TPSA) is 90.2 Å². The van der Waals surface area contributed by atoms with E-state index in [0.717, 1.165) is 10.5 Å². The summed E-state index contributed by atoms with van der Waals surface area (Å²) in [6.45, 7) is 0. The Labute approximate surface area is 165 Å². The van der Waals surface area contributed by atoms with Crippen LogP contribution >= 0.6 is 0 Å². The molecule has 5 rings (SSSR count). The predicted octanol–water partition coefficient (Wildman–Crippen LogP) is 2.84. The number of aryl methyl sites for hydroxylation is 1. The van der Waals surface area contributed by atoms with Gasteiger partial charge in [-0.15, -0.1) is 0 Å². The molecule has 29 heavy (non-hydrogen) atoms. The van der Waals surface area contributed by atoms with Crippen molar-refractivity contribution < 1.29 is 14.3 Å². The minimum atomic E-state index is -0.408. The van der Waals surface area contributed by atoms with Gasteiger partial charge in [-0.05, 0) is 36.4 Å². The third-order valence-electron chi connectivity index (χ3n) is 4.99. The first-order valence-corrected chi connectivity index (χ1v) is 8.89.